The van der Waals surface area contributed by atoms with Gasteiger partial charge < -0.3 is 5.32 Å². The zero-order chi connectivity index (χ0) is 12.4. The maximum absolute atomic E-state index is 13.0. The van der Waals surface area contributed by atoms with Crippen molar-refractivity contribution in [3.8, 4) is 0 Å². The Morgan fingerprint density at radius 2 is 2.28 bits per heavy atom. The number of pyridine rings is 1. The molecule has 0 unspecified atom stereocenters. The maximum Gasteiger partial charge on any atom is 0.243 e. The lowest BCUT2D eigenvalue weighted by atomic mass is 10.3. The minimum absolute atomic E-state index is 0.322. The standard InChI is InChI=1S/C12H11FN4S/c13-9-3-4-11-15-12(16-17(11)8-9)14-6-5-10-2-1-7-18-10/h1-4,7-8H,5-6H2,(H,14,16). The molecule has 18 heavy (non-hydrogen) atoms. The lowest BCUT2D eigenvalue weighted by Crippen LogP contribution is -2.05. The molecule has 0 atom stereocenters. The van der Waals surface area contributed by atoms with E-state index in [-0.39, 0.29) is 5.82 Å². The Morgan fingerprint density at radius 1 is 1.33 bits per heavy atom. The number of nitrogens with one attached hydrogen (secondary N) is 1. The van der Waals surface area contributed by atoms with E-state index in [9.17, 15) is 4.39 Å². The zero-order valence-corrected chi connectivity index (χ0v) is 10.3. The summed E-state index contributed by atoms with van der Waals surface area (Å²) < 4.78 is 14.4. The van der Waals surface area contributed by atoms with Crippen LogP contribution in [0.15, 0.2) is 35.8 Å². The van der Waals surface area contributed by atoms with Crippen molar-refractivity contribution in [2.24, 2.45) is 0 Å². The molecule has 0 radical (unpaired) electrons. The maximum atomic E-state index is 13.0. The molecule has 92 valence electrons. The van der Waals surface area contributed by atoms with E-state index in [4.69, 9.17) is 0 Å². The van der Waals surface area contributed by atoms with Crippen LogP contribution in [-0.2, 0) is 6.42 Å². The third-order valence-electron chi connectivity index (χ3n) is 2.53. The third kappa shape index (κ3) is 2.33. The number of anilines is 1. The van der Waals surface area contributed by atoms with E-state index >= 15 is 0 Å². The van der Waals surface area contributed by atoms with E-state index in [1.165, 1.54) is 21.7 Å². The summed E-state index contributed by atoms with van der Waals surface area (Å²) in [6.07, 6.45) is 2.24. The molecule has 6 heteroatoms. The number of nitrogens with zero attached hydrogens (tertiary/aromatic N) is 3. The van der Waals surface area contributed by atoms with Gasteiger partial charge in [-0.3, -0.25) is 0 Å². The Kier molecular flexibility index (Phi) is 2.93. The number of fused-ring (bicyclic) bond motifs is 1. The predicted molar refractivity (Wildman–Crippen MR) is 69.5 cm³/mol. The number of rotatable bonds is 4. The Balaban J connectivity index is 1.67. The van der Waals surface area contributed by atoms with Gasteiger partial charge in [0.2, 0.25) is 5.95 Å². The van der Waals surface area contributed by atoms with Gasteiger partial charge in [-0.15, -0.1) is 16.4 Å². The van der Waals surface area contributed by atoms with E-state index in [1.807, 2.05) is 6.07 Å². The summed E-state index contributed by atoms with van der Waals surface area (Å²) in [7, 11) is 0. The molecule has 3 aromatic rings. The molecule has 0 spiro atoms. The third-order valence-corrected chi connectivity index (χ3v) is 3.47. The van der Waals surface area contributed by atoms with E-state index in [0.717, 1.165) is 13.0 Å². The highest BCUT2D eigenvalue weighted by atomic mass is 32.1. The lowest BCUT2D eigenvalue weighted by Gasteiger charge is -1.98. The van der Waals surface area contributed by atoms with Crippen LogP contribution in [0.3, 0.4) is 0 Å². The van der Waals surface area contributed by atoms with E-state index in [1.54, 1.807) is 17.4 Å². The van der Waals surface area contributed by atoms with Gasteiger partial charge >= 0.3 is 0 Å². The first kappa shape index (κ1) is 11.2. The van der Waals surface area contributed by atoms with Gasteiger partial charge in [-0.1, -0.05) is 6.07 Å². The Bertz CT molecular complexity index is 647. The Labute approximate surface area is 107 Å². The van der Waals surface area contributed by atoms with Crippen LogP contribution in [0.2, 0.25) is 0 Å². The summed E-state index contributed by atoms with van der Waals surface area (Å²) in [5, 5.41) is 9.34. The zero-order valence-electron chi connectivity index (χ0n) is 9.51. The highest BCUT2D eigenvalue weighted by molar-refractivity contribution is 7.09. The van der Waals surface area contributed by atoms with Gasteiger partial charge in [0.1, 0.15) is 5.82 Å². The van der Waals surface area contributed by atoms with Crippen LogP contribution in [0.5, 0.6) is 0 Å². The van der Waals surface area contributed by atoms with Crippen LogP contribution in [0.1, 0.15) is 4.88 Å². The van der Waals surface area contributed by atoms with Gasteiger partial charge in [0.15, 0.2) is 5.65 Å². The summed E-state index contributed by atoms with van der Waals surface area (Å²) in [6.45, 7) is 0.764. The van der Waals surface area contributed by atoms with Crippen LogP contribution in [-0.4, -0.2) is 21.1 Å². The molecular weight excluding hydrogens is 251 g/mol. The average Bonchev–Trinajstić information content (AvgIpc) is 2.97. The minimum atomic E-state index is -0.322. The van der Waals surface area contributed by atoms with E-state index in [0.29, 0.717) is 11.6 Å². The fraction of sp³-hybridized carbons (Fsp3) is 0.167. The number of halogens is 1. The highest BCUT2D eigenvalue weighted by Crippen LogP contribution is 2.10. The molecule has 0 bridgehead atoms. The second kappa shape index (κ2) is 4.73. The fourth-order valence-corrected chi connectivity index (χ4v) is 2.39. The largest absolute Gasteiger partial charge is 0.353 e. The average molecular weight is 262 g/mol. The van der Waals surface area contributed by atoms with Gasteiger partial charge in [0, 0.05) is 11.4 Å². The number of aromatic nitrogens is 3. The molecule has 3 aromatic heterocycles. The second-order valence-corrected chi connectivity index (χ2v) is 4.87. The molecule has 0 aromatic carbocycles. The van der Waals surface area contributed by atoms with Gasteiger partial charge in [-0.05, 0) is 30.0 Å². The predicted octanol–water partition coefficient (Wildman–Crippen LogP) is 2.58. The molecule has 0 aliphatic rings. The first-order valence-electron chi connectivity index (χ1n) is 5.59. The normalized spacial score (nSPS) is 10.9. The summed E-state index contributed by atoms with van der Waals surface area (Å²) in [5.41, 5.74) is 0.634. The number of hydrogen-bond donors (Lipinski definition) is 1. The first-order valence-corrected chi connectivity index (χ1v) is 6.47. The second-order valence-electron chi connectivity index (χ2n) is 3.84. The van der Waals surface area contributed by atoms with Crippen LogP contribution in [0.25, 0.3) is 5.65 Å². The van der Waals surface area contributed by atoms with E-state index < -0.39 is 0 Å². The highest BCUT2D eigenvalue weighted by Gasteiger charge is 2.03. The van der Waals surface area contributed by atoms with Crippen molar-refractivity contribution in [3.63, 3.8) is 0 Å². The van der Waals surface area contributed by atoms with Crippen LogP contribution >= 0.6 is 11.3 Å². The molecule has 0 saturated heterocycles. The van der Waals surface area contributed by atoms with Crippen molar-refractivity contribution in [1.82, 2.24) is 14.6 Å². The van der Waals surface area contributed by atoms with Gasteiger partial charge in [-0.2, -0.15) is 4.98 Å². The smallest absolute Gasteiger partial charge is 0.243 e. The monoisotopic (exact) mass is 262 g/mol. The molecule has 0 saturated carbocycles. The summed E-state index contributed by atoms with van der Waals surface area (Å²) in [4.78, 5) is 5.57. The Morgan fingerprint density at radius 3 is 3.11 bits per heavy atom. The molecule has 0 aliphatic heterocycles. The molecule has 0 aliphatic carbocycles. The SMILES string of the molecule is Fc1ccc2nc(NCCc3cccs3)nn2c1. The molecule has 3 rings (SSSR count). The van der Waals surface area contributed by atoms with Crippen molar-refractivity contribution in [2.75, 3.05) is 11.9 Å². The van der Waals surface area contributed by atoms with Crippen LogP contribution in [0.4, 0.5) is 10.3 Å². The van der Waals surface area contributed by atoms with Gasteiger partial charge in [0.05, 0.1) is 6.20 Å². The van der Waals surface area contributed by atoms with Crippen LogP contribution in [0, 0.1) is 5.82 Å². The molecule has 1 N–H and O–H groups in total. The van der Waals surface area contributed by atoms with E-state index in [2.05, 4.69) is 26.8 Å². The van der Waals surface area contributed by atoms with Crippen molar-refractivity contribution >= 4 is 22.9 Å². The van der Waals surface area contributed by atoms with Crippen molar-refractivity contribution in [1.29, 1.82) is 0 Å². The van der Waals surface area contributed by atoms with Crippen molar-refractivity contribution in [2.45, 2.75) is 6.42 Å². The lowest BCUT2D eigenvalue weighted by molar-refractivity contribution is 0.615. The molecule has 0 amide bonds. The number of hydrogen-bond acceptors (Lipinski definition) is 4. The Hall–Kier alpha value is -1.95. The quantitative estimate of drug-likeness (QED) is 0.785. The summed E-state index contributed by atoms with van der Waals surface area (Å²) in [5.74, 6) is 0.203. The van der Waals surface area contributed by atoms with Crippen molar-refractivity contribution < 1.29 is 4.39 Å². The summed E-state index contributed by atoms with van der Waals surface area (Å²) in [6, 6.07) is 7.11. The number of thiophene rings is 1. The molecule has 4 nitrogen and oxygen atoms in total. The van der Waals surface area contributed by atoms with Gasteiger partial charge in [0.25, 0.3) is 0 Å². The van der Waals surface area contributed by atoms with Crippen molar-refractivity contribution in [3.05, 3.63) is 46.5 Å². The summed E-state index contributed by atoms with van der Waals surface area (Å²) >= 11 is 1.73. The fourth-order valence-electron chi connectivity index (χ4n) is 1.69. The minimum Gasteiger partial charge on any atom is -0.353 e. The molecular formula is C12H11FN4S. The first-order chi connectivity index (χ1) is 8.81. The van der Waals surface area contributed by atoms with Crippen LogP contribution < -0.4 is 5.32 Å². The van der Waals surface area contributed by atoms with Gasteiger partial charge in [-0.25, -0.2) is 8.91 Å². The topological polar surface area (TPSA) is 42.2 Å². The molecule has 0 fully saturated rings. The molecule has 3 heterocycles.